The Morgan fingerprint density at radius 3 is 2.82 bits per heavy atom. The first-order chi connectivity index (χ1) is 10.7. The first kappa shape index (κ1) is 14.7. The molecule has 116 valence electrons. The molecule has 4 nitrogen and oxygen atoms in total. The van der Waals surface area contributed by atoms with Gasteiger partial charge in [0.05, 0.1) is 6.26 Å². The van der Waals surface area contributed by atoms with Crippen LogP contribution in [-0.4, -0.2) is 19.0 Å². The lowest BCUT2D eigenvalue weighted by molar-refractivity contribution is -0.124. The molecule has 3 rings (SSSR count). The van der Waals surface area contributed by atoms with Gasteiger partial charge in [-0.05, 0) is 30.2 Å². The number of anilines is 1. The number of nitrogens with one attached hydrogen (secondary N) is 1. The summed E-state index contributed by atoms with van der Waals surface area (Å²) in [6.45, 7) is 5.31. The van der Waals surface area contributed by atoms with Crippen LogP contribution >= 0.6 is 0 Å². The van der Waals surface area contributed by atoms with E-state index in [0.717, 1.165) is 18.7 Å². The summed E-state index contributed by atoms with van der Waals surface area (Å²) in [6.07, 6.45) is 2.72. The maximum atomic E-state index is 11.9. The van der Waals surface area contributed by atoms with Gasteiger partial charge in [0, 0.05) is 24.7 Å². The van der Waals surface area contributed by atoms with Gasteiger partial charge in [-0.3, -0.25) is 4.79 Å². The van der Waals surface area contributed by atoms with Gasteiger partial charge < -0.3 is 14.6 Å². The van der Waals surface area contributed by atoms with Crippen LogP contribution in [-0.2, 0) is 11.2 Å². The normalized spacial score (nSPS) is 15.0. The van der Waals surface area contributed by atoms with Crippen molar-refractivity contribution in [3.8, 4) is 0 Å². The highest BCUT2D eigenvalue weighted by Gasteiger charge is 2.29. The molecule has 2 heterocycles. The molecule has 0 fully saturated rings. The molecule has 1 aromatic carbocycles. The van der Waals surface area contributed by atoms with E-state index in [1.807, 2.05) is 26.0 Å². The molecule has 0 saturated heterocycles. The lowest BCUT2D eigenvalue weighted by atomic mass is 10.1. The van der Waals surface area contributed by atoms with Crippen LogP contribution in [0.2, 0.25) is 0 Å². The van der Waals surface area contributed by atoms with Crippen molar-refractivity contribution in [3.63, 3.8) is 0 Å². The monoisotopic (exact) mass is 298 g/mol. The van der Waals surface area contributed by atoms with Crippen molar-refractivity contribution in [2.24, 2.45) is 5.92 Å². The summed E-state index contributed by atoms with van der Waals surface area (Å²) < 4.78 is 5.62. The van der Waals surface area contributed by atoms with Crippen molar-refractivity contribution in [1.82, 2.24) is 5.32 Å². The fourth-order valence-corrected chi connectivity index (χ4v) is 2.93. The number of furan rings is 1. The number of carbonyl (C=O) groups excluding carboxylic acids is 1. The Kier molecular flexibility index (Phi) is 4.18. The van der Waals surface area contributed by atoms with Gasteiger partial charge in [0.2, 0.25) is 5.91 Å². The minimum absolute atomic E-state index is 0.0110. The highest BCUT2D eigenvalue weighted by molar-refractivity contribution is 5.78. The van der Waals surface area contributed by atoms with E-state index in [1.54, 1.807) is 6.26 Å². The second kappa shape index (κ2) is 6.26. The van der Waals surface area contributed by atoms with Gasteiger partial charge in [-0.1, -0.05) is 32.0 Å². The summed E-state index contributed by atoms with van der Waals surface area (Å²) in [5.41, 5.74) is 2.59. The third-order valence-electron chi connectivity index (χ3n) is 4.16. The van der Waals surface area contributed by atoms with Crippen molar-refractivity contribution >= 4 is 11.6 Å². The van der Waals surface area contributed by atoms with Gasteiger partial charge in [-0.15, -0.1) is 0 Å². The minimum atomic E-state index is -0.0110. The largest absolute Gasteiger partial charge is 0.467 e. The molecule has 1 aliphatic heterocycles. The average Bonchev–Trinajstić information content (AvgIpc) is 3.17. The zero-order valence-corrected chi connectivity index (χ0v) is 13.1. The average molecular weight is 298 g/mol. The molecule has 1 N–H and O–H groups in total. The number of hydrogen-bond donors (Lipinski definition) is 1. The van der Waals surface area contributed by atoms with Crippen molar-refractivity contribution in [1.29, 1.82) is 0 Å². The summed E-state index contributed by atoms with van der Waals surface area (Å²) in [7, 11) is 0. The maximum absolute atomic E-state index is 11.9. The molecule has 1 amide bonds. The Bertz CT molecular complexity index is 634. The molecule has 0 radical (unpaired) electrons. The van der Waals surface area contributed by atoms with Crippen LogP contribution < -0.4 is 10.2 Å². The van der Waals surface area contributed by atoms with E-state index in [4.69, 9.17) is 4.42 Å². The van der Waals surface area contributed by atoms with Crippen molar-refractivity contribution in [3.05, 3.63) is 54.0 Å². The van der Waals surface area contributed by atoms with Gasteiger partial charge in [0.15, 0.2) is 0 Å². The summed E-state index contributed by atoms with van der Waals surface area (Å²) in [6, 6.07) is 12.3. The molecule has 0 bridgehead atoms. The number of benzene rings is 1. The number of carbonyl (C=O) groups is 1. The second-order valence-corrected chi connectivity index (χ2v) is 6.00. The Labute approximate surface area is 131 Å². The van der Waals surface area contributed by atoms with E-state index in [-0.39, 0.29) is 17.9 Å². The van der Waals surface area contributed by atoms with Crippen molar-refractivity contribution in [2.45, 2.75) is 26.3 Å². The quantitative estimate of drug-likeness (QED) is 0.922. The molecule has 0 aliphatic carbocycles. The molecule has 2 aromatic rings. The number of nitrogens with zero attached hydrogens (tertiary/aromatic N) is 1. The van der Waals surface area contributed by atoms with E-state index in [0.29, 0.717) is 6.54 Å². The van der Waals surface area contributed by atoms with Gasteiger partial charge >= 0.3 is 0 Å². The Morgan fingerprint density at radius 2 is 2.09 bits per heavy atom. The molecular formula is C18H22N2O2. The highest BCUT2D eigenvalue weighted by Crippen LogP contribution is 2.34. The predicted molar refractivity (Wildman–Crippen MR) is 86.8 cm³/mol. The first-order valence-electron chi connectivity index (χ1n) is 7.82. The lowest BCUT2D eigenvalue weighted by Gasteiger charge is -2.29. The van der Waals surface area contributed by atoms with E-state index in [9.17, 15) is 4.79 Å². The van der Waals surface area contributed by atoms with E-state index >= 15 is 0 Å². The summed E-state index contributed by atoms with van der Waals surface area (Å²) >= 11 is 0. The van der Waals surface area contributed by atoms with Crippen molar-refractivity contribution in [2.75, 3.05) is 18.0 Å². The van der Waals surface area contributed by atoms with E-state index in [2.05, 4.69) is 34.5 Å². The molecule has 1 aliphatic rings. The number of hydrogen-bond acceptors (Lipinski definition) is 3. The van der Waals surface area contributed by atoms with Crippen LogP contribution in [0.25, 0.3) is 0 Å². The summed E-state index contributed by atoms with van der Waals surface area (Å²) in [5.74, 6) is 0.952. The third-order valence-corrected chi connectivity index (χ3v) is 4.16. The number of para-hydroxylation sites is 1. The zero-order valence-electron chi connectivity index (χ0n) is 13.1. The lowest BCUT2D eigenvalue weighted by Crippen LogP contribution is -2.38. The predicted octanol–water partition coefficient (Wildman–Crippen LogP) is 3.16. The molecule has 4 heteroatoms. The minimum Gasteiger partial charge on any atom is -0.467 e. The second-order valence-electron chi connectivity index (χ2n) is 6.00. The van der Waals surface area contributed by atoms with Gasteiger partial charge in [0.1, 0.15) is 11.8 Å². The number of rotatable bonds is 5. The Morgan fingerprint density at radius 1 is 1.27 bits per heavy atom. The van der Waals surface area contributed by atoms with Crippen LogP contribution in [0, 0.1) is 5.92 Å². The molecule has 1 atom stereocenters. The molecule has 0 saturated carbocycles. The van der Waals surface area contributed by atoms with Gasteiger partial charge in [-0.25, -0.2) is 0 Å². The Balaban J connectivity index is 1.83. The van der Waals surface area contributed by atoms with Crippen LogP contribution in [0.15, 0.2) is 47.1 Å². The molecular weight excluding hydrogens is 276 g/mol. The topological polar surface area (TPSA) is 45.5 Å². The Hall–Kier alpha value is -2.23. The summed E-state index contributed by atoms with van der Waals surface area (Å²) in [5, 5.41) is 3.04. The third kappa shape index (κ3) is 2.86. The smallest absolute Gasteiger partial charge is 0.222 e. The van der Waals surface area contributed by atoms with Gasteiger partial charge in [0.25, 0.3) is 0 Å². The first-order valence-corrected chi connectivity index (χ1v) is 7.82. The SMILES string of the molecule is CC(C)C(=O)NC[C@H](c1ccco1)N1CCc2ccccc21. The summed E-state index contributed by atoms with van der Waals surface area (Å²) in [4.78, 5) is 14.2. The maximum Gasteiger partial charge on any atom is 0.222 e. The molecule has 1 aromatic heterocycles. The molecule has 0 unspecified atom stereocenters. The van der Waals surface area contributed by atoms with Crippen LogP contribution in [0.3, 0.4) is 0 Å². The molecule has 0 spiro atoms. The van der Waals surface area contributed by atoms with Crippen LogP contribution in [0.1, 0.15) is 31.2 Å². The van der Waals surface area contributed by atoms with Crippen LogP contribution in [0.5, 0.6) is 0 Å². The fraction of sp³-hybridized carbons (Fsp3) is 0.389. The zero-order chi connectivity index (χ0) is 15.5. The van der Waals surface area contributed by atoms with Crippen molar-refractivity contribution < 1.29 is 9.21 Å². The highest BCUT2D eigenvalue weighted by atomic mass is 16.3. The molecule has 22 heavy (non-hydrogen) atoms. The number of amides is 1. The van der Waals surface area contributed by atoms with E-state index in [1.165, 1.54) is 11.3 Å². The van der Waals surface area contributed by atoms with E-state index < -0.39 is 0 Å². The van der Waals surface area contributed by atoms with Crippen LogP contribution in [0.4, 0.5) is 5.69 Å². The van der Waals surface area contributed by atoms with Gasteiger partial charge in [-0.2, -0.15) is 0 Å². The standard InChI is InChI=1S/C18H22N2O2/c1-13(2)18(21)19-12-16(17-8-5-11-22-17)20-10-9-14-6-3-4-7-15(14)20/h3-8,11,13,16H,9-10,12H2,1-2H3,(H,19,21)/t16-/m1/s1. The number of fused-ring (bicyclic) bond motifs is 1. The fourth-order valence-electron chi connectivity index (χ4n) is 2.93.